The van der Waals surface area contributed by atoms with Crippen molar-refractivity contribution in [2.45, 2.75) is 45.1 Å². The minimum Gasteiger partial charge on any atom is -0.494 e. The summed E-state index contributed by atoms with van der Waals surface area (Å²) in [5, 5.41) is 0. The SMILES string of the molecule is CCOc1cccc(C(=O)C2(N(C)C)CCC(C)CC2)c1. The Kier molecular flexibility index (Phi) is 5.04. The normalized spacial score (nSPS) is 25.9. The molecule has 0 spiro atoms. The van der Waals surface area contributed by atoms with Crippen molar-refractivity contribution < 1.29 is 9.53 Å². The molecule has 0 N–H and O–H groups in total. The molecule has 1 aliphatic carbocycles. The van der Waals surface area contributed by atoms with Crippen molar-refractivity contribution in [3.05, 3.63) is 29.8 Å². The lowest BCUT2D eigenvalue weighted by atomic mass is 9.72. The number of likely N-dealkylation sites (N-methyl/N-ethyl adjacent to an activating group) is 1. The maximum absolute atomic E-state index is 13.1. The van der Waals surface area contributed by atoms with Crippen molar-refractivity contribution >= 4 is 5.78 Å². The van der Waals surface area contributed by atoms with E-state index in [1.807, 2.05) is 45.3 Å². The molecule has 0 atom stereocenters. The van der Waals surface area contributed by atoms with Gasteiger partial charge in [-0.25, -0.2) is 0 Å². The zero-order chi connectivity index (χ0) is 15.5. The number of benzene rings is 1. The van der Waals surface area contributed by atoms with Gasteiger partial charge >= 0.3 is 0 Å². The fourth-order valence-corrected chi connectivity index (χ4v) is 3.28. The Morgan fingerprint density at radius 3 is 2.57 bits per heavy atom. The first kappa shape index (κ1) is 16.0. The van der Waals surface area contributed by atoms with Crippen molar-refractivity contribution in [1.82, 2.24) is 4.90 Å². The number of nitrogens with zero attached hydrogens (tertiary/aromatic N) is 1. The van der Waals surface area contributed by atoms with E-state index in [4.69, 9.17) is 4.74 Å². The maximum atomic E-state index is 13.1. The fraction of sp³-hybridized carbons (Fsp3) is 0.611. The van der Waals surface area contributed by atoms with E-state index in [1.54, 1.807) is 0 Å². The van der Waals surface area contributed by atoms with Gasteiger partial charge in [0.1, 0.15) is 5.75 Å². The highest BCUT2D eigenvalue weighted by molar-refractivity contribution is 6.03. The van der Waals surface area contributed by atoms with Gasteiger partial charge < -0.3 is 4.74 Å². The van der Waals surface area contributed by atoms with E-state index in [1.165, 1.54) is 0 Å². The average molecular weight is 289 g/mol. The van der Waals surface area contributed by atoms with E-state index < -0.39 is 0 Å². The van der Waals surface area contributed by atoms with Crippen LogP contribution >= 0.6 is 0 Å². The van der Waals surface area contributed by atoms with Gasteiger partial charge in [-0.3, -0.25) is 9.69 Å². The lowest BCUT2D eigenvalue weighted by molar-refractivity contribution is 0.0513. The first-order valence-corrected chi connectivity index (χ1v) is 7.94. The number of carbonyl (C=O) groups excluding carboxylic acids is 1. The molecule has 1 fully saturated rings. The third kappa shape index (κ3) is 3.29. The Labute approximate surface area is 128 Å². The molecule has 0 unspecified atom stereocenters. The van der Waals surface area contributed by atoms with Gasteiger partial charge in [0.2, 0.25) is 0 Å². The highest BCUT2D eigenvalue weighted by Crippen LogP contribution is 2.38. The van der Waals surface area contributed by atoms with E-state index in [9.17, 15) is 4.79 Å². The Bertz CT molecular complexity index is 488. The molecule has 116 valence electrons. The monoisotopic (exact) mass is 289 g/mol. The number of Topliss-reactive ketones (excluding diaryl/α,β-unsaturated/α-hetero) is 1. The van der Waals surface area contributed by atoms with Crippen LogP contribution in [0.2, 0.25) is 0 Å². The first-order valence-electron chi connectivity index (χ1n) is 7.94. The summed E-state index contributed by atoms with van der Waals surface area (Å²) in [6.45, 7) is 4.85. The van der Waals surface area contributed by atoms with Crippen molar-refractivity contribution in [3.8, 4) is 5.75 Å². The Morgan fingerprint density at radius 1 is 1.33 bits per heavy atom. The van der Waals surface area contributed by atoms with Crippen LogP contribution < -0.4 is 4.74 Å². The summed E-state index contributed by atoms with van der Waals surface area (Å²) in [5.74, 6) is 1.74. The van der Waals surface area contributed by atoms with Gasteiger partial charge in [-0.2, -0.15) is 0 Å². The molecule has 2 rings (SSSR count). The van der Waals surface area contributed by atoms with Crippen LogP contribution in [0.1, 0.15) is 49.9 Å². The summed E-state index contributed by atoms with van der Waals surface area (Å²) >= 11 is 0. The Morgan fingerprint density at radius 2 is 2.00 bits per heavy atom. The van der Waals surface area contributed by atoms with Crippen LogP contribution in [0.3, 0.4) is 0 Å². The smallest absolute Gasteiger partial charge is 0.183 e. The van der Waals surface area contributed by atoms with E-state index >= 15 is 0 Å². The number of ketones is 1. The van der Waals surface area contributed by atoms with Gasteiger partial charge in [0.25, 0.3) is 0 Å². The Hall–Kier alpha value is -1.35. The van der Waals surface area contributed by atoms with Crippen LogP contribution in [0.15, 0.2) is 24.3 Å². The van der Waals surface area contributed by atoms with Crippen molar-refractivity contribution in [1.29, 1.82) is 0 Å². The largest absolute Gasteiger partial charge is 0.494 e. The molecule has 0 radical (unpaired) electrons. The molecule has 21 heavy (non-hydrogen) atoms. The number of carbonyl (C=O) groups is 1. The number of hydrogen-bond acceptors (Lipinski definition) is 3. The molecular weight excluding hydrogens is 262 g/mol. The first-order chi connectivity index (χ1) is 9.99. The molecule has 3 heteroatoms. The predicted molar refractivity (Wildman–Crippen MR) is 86.0 cm³/mol. The van der Waals surface area contributed by atoms with Crippen LogP contribution in [-0.2, 0) is 0 Å². The molecule has 1 aromatic carbocycles. The second-order valence-electron chi connectivity index (χ2n) is 6.40. The topological polar surface area (TPSA) is 29.5 Å². The van der Waals surface area contributed by atoms with Gasteiger partial charge in [0, 0.05) is 5.56 Å². The second kappa shape index (κ2) is 6.61. The zero-order valence-corrected chi connectivity index (χ0v) is 13.7. The van der Waals surface area contributed by atoms with Crippen molar-refractivity contribution in [2.75, 3.05) is 20.7 Å². The fourth-order valence-electron chi connectivity index (χ4n) is 3.28. The minimum atomic E-state index is -0.350. The molecule has 0 heterocycles. The van der Waals surface area contributed by atoms with Crippen molar-refractivity contribution in [3.63, 3.8) is 0 Å². The summed E-state index contributed by atoms with van der Waals surface area (Å²) in [6, 6.07) is 7.61. The molecule has 0 bridgehead atoms. The Balaban J connectivity index is 2.28. The zero-order valence-electron chi connectivity index (χ0n) is 13.7. The molecule has 0 amide bonds. The van der Waals surface area contributed by atoms with Gasteiger partial charge in [-0.05, 0) is 64.8 Å². The molecule has 0 aromatic heterocycles. The molecule has 1 aliphatic rings. The third-order valence-electron chi connectivity index (χ3n) is 4.79. The van der Waals surface area contributed by atoms with E-state index in [0.29, 0.717) is 6.61 Å². The van der Waals surface area contributed by atoms with Gasteiger partial charge in [-0.15, -0.1) is 0 Å². The second-order valence-corrected chi connectivity index (χ2v) is 6.40. The van der Waals surface area contributed by atoms with Crippen LogP contribution in [0, 0.1) is 5.92 Å². The van der Waals surface area contributed by atoms with Gasteiger partial charge in [0.15, 0.2) is 5.78 Å². The van der Waals surface area contributed by atoms with Gasteiger partial charge in [0.05, 0.1) is 12.1 Å². The highest BCUT2D eigenvalue weighted by Gasteiger charge is 2.43. The summed E-state index contributed by atoms with van der Waals surface area (Å²) < 4.78 is 5.53. The van der Waals surface area contributed by atoms with E-state index in [0.717, 1.165) is 42.9 Å². The molecule has 0 aliphatic heterocycles. The molecule has 1 aromatic rings. The van der Waals surface area contributed by atoms with Crippen LogP contribution in [0.25, 0.3) is 0 Å². The predicted octanol–water partition coefficient (Wildman–Crippen LogP) is 3.78. The van der Waals surface area contributed by atoms with Crippen molar-refractivity contribution in [2.24, 2.45) is 5.92 Å². The lowest BCUT2D eigenvalue weighted by Crippen LogP contribution is -2.53. The minimum absolute atomic E-state index is 0.237. The lowest BCUT2D eigenvalue weighted by Gasteiger charge is -2.43. The number of hydrogen-bond donors (Lipinski definition) is 0. The van der Waals surface area contributed by atoms with E-state index in [-0.39, 0.29) is 11.3 Å². The quantitative estimate of drug-likeness (QED) is 0.773. The number of ether oxygens (including phenoxy) is 1. The van der Waals surface area contributed by atoms with Crippen LogP contribution in [0.5, 0.6) is 5.75 Å². The van der Waals surface area contributed by atoms with Gasteiger partial charge in [-0.1, -0.05) is 19.1 Å². The maximum Gasteiger partial charge on any atom is 0.183 e. The summed E-state index contributed by atoms with van der Waals surface area (Å²) in [7, 11) is 4.06. The van der Waals surface area contributed by atoms with Crippen LogP contribution in [0.4, 0.5) is 0 Å². The standard InChI is InChI=1S/C18H27NO2/c1-5-21-16-8-6-7-15(13-16)17(20)18(19(3)4)11-9-14(2)10-12-18/h6-8,13-14H,5,9-12H2,1-4H3. The summed E-state index contributed by atoms with van der Waals surface area (Å²) in [5.41, 5.74) is 0.418. The average Bonchev–Trinajstić information content (AvgIpc) is 2.48. The molecule has 1 saturated carbocycles. The molecule has 3 nitrogen and oxygen atoms in total. The van der Waals surface area contributed by atoms with Crippen LogP contribution in [-0.4, -0.2) is 36.9 Å². The summed E-state index contributed by atoms with van der Waals surface area (Å²) in [6.07, 6.45) is 4.13. The third-order valence-corrected chi connectivity index (χ3v) is 4.79. The number of rotatable bonds is 5. The summed E-state index contributed by atoms with van der Waals surface area (Å²) in [4.78, 5) is 15.2. The molecular formula is C18H27NO2. The van der Waals surface area contributed by atoms with E-state index in [2.05, 4.69) is 11.8 Å². The molecule has 0 saturated heterocycles. The highest BCUT2D eigenvalue weighted by atomic mass is 16.5.